The predicted octanol–water partition coefficient (Wildman–Crippen LogP) is 3.05. The fraction of sp³-hybridized carbons (Fsp3) is 0. The van der Waals surface area contributed by atoms with Crippen molar-refractivity contribution in [3.05, 3.63) is 85.0 Å². The van der Waals surface area contributed by atoms with E-state index in [2.05, 4.69) is 26.3 Å². The quantitative estimate of drug-likeness (QED) is 0.385. The molecule has 129 valence electrons. The average Bonchev–Trinajstić information content (AvgIpc) is 3.30. The Bertz CT molecular complexity index is 849. The SMILES string of the molecule is Fc1c[c-]c(-c2ccccn2)c(F)c1.[Ir].c1cnn(-c2ccn[n-]2)c1. The molecule has 0 saturated heterocycles. The van der Waals surface area contributed by atoms with E-state index in [1.165, 1.54) is 0 Å². The monoisotopic (exact) mass is 516 g/mol. The van der Waals surface area contributed by atoms with Crippen LogP contribution in [0.3, 0.4) is 0 Å². The average molecular weight is 516 g/mol. The van der Waals surface area contributed by atoms with Crippen molar-refractivity contribution in [3.63, 3.8) is 0 Å². The van der Waals surface area contributed by atoms with Crippen LogP contribution in [0, 0.1) is 17.7 Å². The topological polar surface area (TPSA) is 57.7 Å². The summed E-state index contributed by atoms with van der Waals surface area (Å²) in [4.78, 5) is 3.95. The van der Waals surface area contributed by atoms with Crippen LogP contribution in [0.1, 0.15) is 0 Å². The van der Waals surface area contributed by atoms with E-state index in [4.69, 9.17) is 0 Å². The summed E-state index contributed by atoms with van der Waals surface area (Å²) in [6.07, 6.45) is 6.71. The van der Waals surface area contributed by atoms with E-state index < -0.39 is 11.6 Å². The fourth-order valence-electron chi connectivity index (χ4n) is 1.90. The maximum atomic E-state index is 13.2. The van der Waals surface area contributed by atoms with Crippen molar-refractivity contribution in [2.24, 2.45) is 0 Å². The van der Waals surface area contributed by atoms with E-state index in [0.717, 1.165) is 18.0 Å². The van der Waals surface area contributed by atoms with Crippen molar-refractivity contribution in [1.82, 2.24) is 25.0 Å². The van der Waals surface area contributed by atoms with Crippen molar-refractivity contribution in [1.29, 1.82) is 0 Å². The molecule has 0 aliphatic rings. The molecular weight excluding hydrogens is 504 g/mol. The van der Waals surface area contributed by atoms with Gasteiger partial charge in [0.2, 0.25) is 0 Å². The molecule has 0 amide bonds. The Morgan fingerprint density at radius 1 is 1.04 bits per heavy atom. The number of rotatable bonds is 2. The second-order valence-corrected chi connectivity index (χ2v) is 4.60. The van der Waals surface area contributed by atoms with Gasteiger partial charge in [-0.15, -0.1) is 12.1 Å². The predicted molar refractivity (Wildman–Crippen MR) is 83.1 cm³/mol. The molecule has 1 aromatic carbocycles. The fourth-order valence-corrected chi connectivity index (χ4v) is 1.90. The molecule has 0 atom stereocenters. The van der Waals surface area contributed by atoms with Crippen LogP contribution in [-0.2, 0) is 20.1 Å². The Hall–Kier alpha value is -2.70. The molecule has 0 unspecified atom stereocenters. The summed E-state index contributed by atoms with van der Waals surface area (Å²) in [5.74, 6) is -0.532. The van der Waals surface area contributed by atoms with E-state index in [9.17, 15) is 8.78 Å². The molecule has 4 rings (SSSR count). The van der Waals surface area contributed by atoms with Gasteiger partial charge < -0.3 is 14.8 Å². The number of aromatic nitrogens is 5. The number of hydrogen-bond donors (Lipinski definition) is 0. The van der Waals surface area contributed by atoms with Crippen LogP contribution in [-0.4, -0.2) is 19.9 Å². The van der Waals surface area contributed by atoms with Crippen LogP contribution in [0.2, 0.25) is 0 Å². The molecular formula is C17H11F2IrN5-2. The standard InChI is InChI=1S/C11H6F2N.C6H5N4.Ir/c12-8-4-5-9(10(13)7-8)11-3-1-2-6-14-11;1-3-8-10(5-1)6-2-4-7-9-6;/h1-4,6-7H;1-5H;/q2*-1;. The Morgan fingerprint density at radius 2 is 1.92 bits per heavy atom. The van der Waals surface area contributed by atoms with Crippen LogP contribution < -0.4 is 5.10 Å². The van der Waals surface area contributed by atoms with Crippen molar-refractivity contribution < 1.29 is 28.9 Å². The number of hydrogen-bond acceptors (Lipinski definition) is 3. The molecule has 4 aromatic rings. The van der Waals surface area contributed by atoms with E-state index in [1.807, 2.05) is 12.3 Å². The zero-order chi connectivity index (χ0) is 16.8. The van der Waals surface area contributed by atoms with Gasteiger partial charge in [-0.1, -0.05) is 30.0 Å². The molecule has 0 fully saturated rings. The summed E-state index contributed by atoms with van der Waals surface area (Å²) in [7, 11) is 0. The molecule has 0 spiro atoms. The number of pyridine rings is 1. The Labute approximate surface area is 156 Å². The molecule has 5 nitrogen and oxygen atoms in total. The first-order valence-corrected chi connectivity index (χ1v) is 6.96. The van der Waals surface area contributed by atoms with Crippen molar-refractivity contribution >= 4 is 0 Å². The summed E-state index contributed by atoms with van der Waals surface area (Å²) in [6.45, 7) is 0. The zero-order valence-electron chi connectivity index (χ0n) is 12.7. The largest absolute Gasteiger partial charge is 0.356 e. The number of nitrogens with zero attached hydrogens (tertiary/aromatic N) is 5. The van der Waals surface area contributed by atoms with Gasteiger partial charge in [-0.05, 0) is 29.7 Å². The Morgan fingerprint density at radius 3 is 2.52 bits per heavy atom. The molecule has 8 heteroatoms. The first kappa shape index (κ1) is 18.6. The third-order valence-electron chi connectivity index (χ3n) is 2.97. The van der Waals surface area contributed by atoms with Gasteiger partial charge in [0.1, 0.15) is 0 Å². The molecule has 25 heavy (non-hydrogen) atoms. The first-order valence-electron chi connectivity index (χ1n) is 6.96. The second-order valence-electron chi connectivity index (χ2n) is 4.60. The van der Waals surface area contributed by atoms with Crippen LogP contribution in [0.4, 0.5) is 8.78 Å². The zero-order valence-corrected chi connectivity index (χ0v) is 15.1. The summed E-state index contributed by atoms with van der Waals surface area (Å²) in [5.41, 5.74) is 0.636. The van der Waals surface area contributed by atoms with Gasteiger partial charge in [0.25, 0.3) is 0 Å². The minimum absolute atomic E-state index is 0. The van der Waals surface area contributed by atoms with E-state index in [-0.39, 0.29) is 25.7 Å². The van der Waals surface area contributed by atoms with E-state index >= 15 is 0 Å². The van der Waals surface area contributed by atoms with Crippen molar-refractivity contribution in [2.45, 2.75) is 0 Å². The molecule has 0 N–H and O–H groups in total. The van der Waals surface area contributed by atoms with Gasteiger partial charge in [-0.2, -0.15) is 0 Å². The molecule has 1 radical (unpaired) electrons. The summed E-state index contributed by atoms with van der Waals surface area (Å²) in [6, 6.07) is 13.2. The molecule has 0 saturated carbocycles. The van der Waals surface area contributed by atoms with Crippen LogP contribution in [0.5, 0.6) is 0 Å². The van der Waals surface area contributed by atoms with Crippen LogP contribution in [0.15, 0.2) is 67.3 Å². The van der Waals surface area contributed by atoms with Gasteiger partial charge >= 0.3 is 0 Å². The van der Waals surface area contributed by atoms with Gasteiger partial charge in [0.15, 0.2) is 0 Å². The molecule has 0 aliphatic heterocycles. The van der Waals surface area contributed by atoms with Crippen LogP contribution in [0.25, 0.3) is 17.1 Å². The Kier molecular flexibility index (Phi) is 6.68. The summed E-state index contributed by atoms with van der Waals surface area (Å²) >= 11 is 0. The van der Waals surface area contributed by atoms with Crippen LogP contribution >= 0.6 is 0 Å². The molecule has 0 bridgehead atoms. The molecule has 3 heterocycles. The normalized spacial score (nSPS) is 9.68. The maximum absolute atomic E-state index is 13.2. The van der Waals surface area contributed by atoms with Crippen molar-refractivity contribution in [2.75, 3.05) is 0 Å². The van der Waals surface area contributed by atoms with Crippen molar-refractivity contribution in [3.8, 4) is 17.1 Å². The second kappa shape index (κ2) is 8.96. The summed E-state index contributed by atoms with van der Waals surface area (Å²) < 4.78 is 27.5. The van der Waals surface area contributed by atoms with Gasteiger partial charge in [0, 0.05) is 50.3 Å². The minimum Gasteiger partial charge on any atom is -0.356 e. The maximum Gasteiger partial charge on any atom is 0.0408 e. The first-order chi connectivity index (χ1) is 11.7. The summed E-state index contributed by atoms with van der Waals surface area (Å²) in [5, 5.41) is 11.4. The van der Waals surface area contributed by atoms with Gasteiger partial charge in [-0.25, -0.2) is 0 Å². The Balaban J connectivity index is 0.000000182. The van der Waals surface area contributed by atoms with E-state index in [0.29, 0.717) is 5.69 Å². The number of benzene rings is 1. The molecule has 3 aromatic heterocycles. The third-order valence-corrected chi connectivity index (χ3v) is 2.97. The third kappa shape index (κ3) is 4.88. The van der Waals surface area contributed by atoms with Gasteiger partial charge in [-0.3, -0.25) is 19.0 Å². The van der Waals surface area contributed by atoms with E-state index in [1.54, 1.807) is 47.5 Å². The number of halogens is 2. The minimum atomic E-state index is -0.649. The molecule has 0 aliphatic carbocycles. The van der Waals surface area contributed by atoms with Gasteiger partial charge in [0.05, 0.1) is 0 Å². The smallest absolute Gasteiger partial charge is 0.0408 e.